The molecule has 0 aromatic rings. The number of carbonyl (C=O) groups is 2. The van der Waals surface area contributed by atoms with E-state index >= 15 is 0 Å². The minimum absolute atomic E-state index is 0.0881. The van der Waals surface area contributed by atoms with Gasteiger partial charge in [0.2, 0.25) is 0 Å². The molecule has 144 valence electrons. The number of halogens is 2. The van der Waals surface area contributed by atoms with Crippen molar-refractivity contribution in [1.82, 2.24) is 0 Å². The van der Waals surface area contributed by atoms with E-state index in [-0.39, 0.29) is 68.5 Å². The van der Waals surface area contributed by atoms with E-state index in [4.69, 9.17) is 9.47 Å². The molecule has 0 aliphatic heterocycles. The van der Waals surface area contributed by atoms with Crippen molar-refractivity contribution < 1.29 is 29.3 Å². The van der Waals surface area contributed by atoms with E-state index in [9.17, 15) is 19.8 Å². The smallest absolute Gasteiger partial charge is 0.313 e. The van der Waals surface area contributed by atoms with Crippen LogP contribution in [0.1, 0.15) is 13.8 Å². The molecule has 0 unspecified atom stereocenters. The predicted octanol–water partition coefficient (Wildman–Crippen LogP) is 1.18. The van der Waals surface area contributed by atoms with Crippen LogP contribution in [0.5, 0.6) is 0 Å². The van der Waals surface area contributed by atoms with E-state index < -0.39 is 23.0 Å². The van der Waals surface area contributed by atoms with E-state index in [1.807, 2.05) is 0 Å². The molecule has 0 aromatic heterocycles. The average Bonchev–Trinajstić information content (AvgIpc) is 3.34. The van der Waals surface area contributed by atoms with Crippen molar-refractivity contribution in [2.45, 2.75) is 33.9 Å². The number of ether oxygens (including phenoxy) is 2. The summed E-state index contributed by atoms with van der Waals surface area (Å²) >= 11 is 4.47. The molecule has 6 rings (SSSR count). The summed E-state index contributed by atoms with van der Waals surface area (Å²) in [4.78, 5) is 26.9. The maximum absolute atomic E-state index is 13.4. The first-order valence-corrected chi connectivity index (χ1v) is 11.8. The Kier molecular flexibility index (Phi) is 3.86. The first kappa shape index (κ1) is 18.4. The van der Waals surface area contributed by atoms with Gasteiger partial charge in [0.05, 0.1) is 36.3 Å². The molecule has 0 aromatic carbocycles. The Morgan fingerprint density at radius 3 is 1.46 bits per heavy atom. The number of hydrogen-bond acceptors (Lipinski definition) is 6. The Morgan fingerprint density at radius 2 is 1.15 bits per heavy atom. The van der Waals surface area contributed by atoms with Gasteiger partial charge in [-0.1, -0.05) is 45.2 Å². The van der Waals surface area contributed by atoms with E-state index in [1.165, 1.54) is 0 Å². The number of alkyl halides is 2. The second kappa shape index (κ2) is 5.47. The number of rotatable bonds is 4. The van der Waals surface area contributed by atoms with Crippen LogP contribution >= 0.6 is 45.2 Å². The number of hydrogen-bond donors (Lipinski definition) is 2. The quantitative estimate of drug-likeness (QED) is 0.292. The molecule has 0 heterocycles. The molecule has 2 N–H and O–H groups in total. The molecule has 8 heteroatoms. The van der Waals surface area contributed by atoms with Gasteiger partial charge in [0.25, 0.3) is 0 Å². The van der Waals surface area contributed by atoms with Crippen LogP contribution in [0.2, 0.25) is 0 Å². The van der Waals surface area contributed by atoms with Gasteiger partial charge >= 0.3 is 11.9 Å². The summed E-state index contributed by atoms with van der Waals surface area (Å²) in [6.07, 6.45) is -1.24. The van der Waals surface area contributed by atoms with E-state index in [1.54, 1.807) is 13.8 Å². The Bertz CT molecular complexity index is 607. The molecule has 6 aliphatic carbocycles. The van der Waals surface area contributed by atoms with Crippen LogP contribution in [0.25, 0.3) is 0 Å². The van der Waals surface area contributed by atoms with Gasteiger partial charge < -0.3 is 19.7 Å². The highest BCUT2D eigenvalue weighted by atomic mass is 127. The Balaban J connectivity index is 1.78. The zero-order chi connectivity index (χ0) is 18.8. The van der Waals surface area contributed by atoms with Gasteiger partial charge in [0, 0.05) is 19.7 Å². The summed E-state index contributed by atoms with van der Waals surface area (Å²) in [5.74, 6) is -1.35. The second-order valence-electron chi connectivity index (χ2n) is 8.31. The zero-order valence-corrected chi connectivity index (χ0v) is 18.8. The van der Waals surface area contributed by atoms with E-state index in [2.05, 4.69) is 45.2 Å². The third-order valence-corrected chi connectivity index (χ3v) is 11.2. The predicted molar refractivity (Wildman–Crippen MR) is 107 cm³/mol. The van der Waals surface area contributed by atoms with Crippen LogP contribution in [-0.4, -0.2) is 55.4 Å². The van der Waals surface area contributed by atoms with Crippen molar-refractivity contribution >= 4 is 57.1 Å². The second-order valence-corrected chi connectivity index (χ2v) is 11.2. The fourth-order valence-electron chi connectivity index (χ4n) is 8.29. The van der Waals surface area contributed by atoms with Crippen LogP contribution in [0.15, 0.2) is 0 Å². The van der Waals surface area contributed by atoms with Crippen molar-refractivity contribution in [3.63, 3.8) is 0 Å². The summed E-state index contributed by atoms with van der Waals surface area (Å²) in [6.45, 7) is 4.01. The highest BCUT2D eigenvalue weighted by Crippen LogP contribution is 2.93. The molecule has 6 saturated carbocycles. The highest BCUT2D eigenvalue weighted by Gasteiger charge is 3.00. The first-order valence-electron chi connectivity index (χ1n) is 9.33. The zero-order valence-electron chi connectivity index (χ0n) is 14.5. The summed E-state index contributed by atoms with van der Waals surface area (Å²) in [5, 5.41) is 21.9. The highest BCUT2D eigenvalue weighted by molar-refractivity contribution is 14.1. The molecule has 6 nitrogen and oxygen atoms in total. The van der Waals surface area contributed by atoms with Gasteiger partial charge in [-0.3, -0.25) is 9.59 Å². The molecule has 6 fully saturated rings. The summed E-state index contributed by atoms with van der Waals surface area (Å²) < 4.78 is 10.8. The lowest BCUT2D eigenvalue weighted by molar-refractivity contribution is -0.207. The van der Waals surface area contributed by atoms with Crippen LogP contribution in [-0.2, 0) is 19.1 Å². The molecule has 8 bridgehead atoms. The Labute approximate surface area is 179 Å². The monoisotopic (exact) mass is 588 g/mol. The van der Waals surface area contributed by atoms with Gasteiger partial charge in [0.15, 0.2) is 0 Å². The van der Waals surface area contributed by atoms with Crippen molar-refractivity contribution in [2.24, 2.45) is 46.3 Å². The molecule has 26 heavy (non-hydrogen) atoms. The molecule has 6 aliphatic rings. The van der Waals surface area contributed by atoms with Gasteiger partial charge in [-0.25, -0.2) is 0 Å². The van der Waals surface area contributed by atoms with Crippen LogP contribution in [0, 0.1) is 46.3 Å². The lowest BCUT2D eigenvalue weighted by Gasteiger charge is -2.56. The number of esters is 2. The third-order valence-electron chi connectivity index (χ3n) is 8.19. The summed E-state index contributed by atoms with van der Waals surface area (Å²) in [7, 11) is 0. The molecular weight excluding hydrogens is 566 g/mol. The van der Waals surface area contributed by atoms with Crippen molar-refractivity contribution in [2.75, 3.05) is 13.2 Å². The molecule has 0 amide bonds. The molecule has 12 atom stereocenters. The fraction of sp³-hybridized carbons (Fsp3) is 0.889. The van der Waals surface area contributed by atoms with Crippen molar-refractivity contribution in [3.8, 4) is 0 Å². The van der Waals surface area contributed by atoms with Gasteiger partial charge in [-0.05, 0) is 37.5 Å². The Morgan fingerprint density at radius 1 is 0.808 bits per heavy atom. The normalized spacial score (nSPS) is 60.1. The van der Waals surface area contributed by atoms with Crippen LogP contribution < -0.4 is 0 Å². The average molecular weight is 588 g/mol. The number of aliphatic hydroxyl groups excluding tert-OH is 2. The molecule has 0 spiro atoms. The van der Waals surface area contributed by atoms with Crippen molar-refractivity contribution in [3.05, 3.63) is 0 Å². The topological polar surface area (TPSA) is 93.1 Å². The fourth-order valence-corrected chi connectivity index (χ4v) is 11.3. The minimum Gasteiger partial charge on any atom is -0.466 e. The van der Waals surface area contributed by atoms with Gasteiger partial charge in [-0.15, -0.1) is 0 Å². The van der Waals surface area contributed by atoms with Crippen LogP contribution in [0.4, 0.5) is 0 Å². The van der Waals surface area contributed by atoms with Crippen molar-refractivity contribution in [1.29, 1.82) is 0 Å². The maximum Gasteiger partial charge on any atom is 0.313 e. The van der Waals surface area contributed by atoms with Gasteiger partial charge in [-0.2, -0.15) is 0 Å². The van der Waals surface area contributed by atoms with E-state index in [0.717, 1.165) is 0 Å². The summed E-state index contributed by atoms with van der Waals surface area (Å²) in [6, 6.07) is 0. The van der Waals surface area contributed by atoms with Crippen LogP contribution in [0.3, 0.4) is 0 Å². The largest absolute Gasteiger partial charge is 0.466 e. The molecule has 0 saturated heterocycles. The lowest BCUT2D eigenvalue weighted by Crippen LogP contribution is -2.68. The standard InChI is InChI=1S/C18H22I2O6/c1-3-25-15(23)17-7-5-6-8(12(20)13(21)9(6)17)18(17,16(24)26-4-2)10(5)14(22)11(7)19/h5-14,21-22H,3-4H2,1-2H3/t5-,6-,7-,8+,9-,10-,11+,12+,13-,14-,17+,18+/m1/s1. The lowest BCUT2D eigenvalue weighted by atomic mass is 9.49. The SMILES string of the molecule is CCOC(=O)[C@]12[C@@H]3[C@H](I)[C@H](O)[C@H]4[C@@H]3[C@H]3[C@@H]1[C@@H](O)[C@@H](I)[C@@H]3[C@@]42C(=O)OCC. The molecule has 0 radical (unpaired) electrons. The minimum atomic E-state index is -1.05. The molecular formula is C18H22I2O6. The first-order chi connectivity index (χ1) is 12.3. The Hall–Kier alpha value is 0.320. The number of aliphatic hydroxyl groups is 2. The third kappa shape index (κ3) is 1.46. The number of carbonyl (C=O) groups excluding carboxylic acids is 2. The van der Waals surface area contributed by atoms with Gasteiger partial charge in [0.1, 0.15) is 0 Å². The maximum atomic E-state index is 13.4. The summed E-state index contributed by atoms with van der Waals surface area (Å²) in [5.41, 5.74) is -2.10. The van der Waals surface area contributed by atoms with E-state index in [0.29, 0.717) is 0 Å².